The van der Waals surface area contributed by atoms with E-state index in [1.54, 1.807) is 0 Å². The largest absolute Gasteiger partial charge is 0.633 e. The van der Waals surface area contributed by atoms with Crippen molar-refractivity contribution in [2.45, 2.75) is 0 Å². The van der Waals surface area contributed by atoms with Crippen molar-refractivity contribution in [2.75, 3.05) is 0 Å². The molecular weight excluding hydrogens is 869 g/mol. The summed E-state index contributed by atoms with van der Waals surface area (Å²) in [7, 11) is -3.79. The number of halogens is 22. The molecule has 6 rings (SSSR count). The number of benzene rings is 6. The SMILES string of the molecule is Fc1cc2c(B(Oc3c(F)c(F)c(F)c(F)c3-c3c(F)c(F)c(F)c(F)c3F)Oc3c(F)c(F)c(F)c(F)c3-c3c(F)c(F)c(F)c(F)c3F)ccc(F)c2c(F)c1F. The second-order valence-electron chi connectivity index (χ2n) is 11.4. The highest BCUT2D eigenvalue weighted by molar-refractivity contribution is 6.66. The van der Waals surface area contributed by atoms with Gasteiger partial charge in [-0.2, -0.15) is 8.78 Å². The van der Waals surface area contributed by atoms with Gasteiger partial charge in [0.25, 0.3) is 0 Å². The van der Waals surface area contributed by atoms with E-state index < -0.39 is 185 Å². The lowest BCUT2D eigenvalue weighted by molar-refractivity contribution is 0.353. The predicted octanol–water partition coefficient (Wildman–Crippen LogP) is 11.1. The Morgan fingerprint density at radius 3 is 0.949 bits per heavy atom. The van der Waals surface area contributed by atoms with Crippen molar-refractivity contribution in [3.63, 3.8) is 0 Å². The topological polar surface area (TPSA) is 18.5 Å². The van der Waals surface area contributed by atoms with Crippen LogP contribution >= 0.6 is 0 Å². The van der Waals surface area contributed by atoms with E-state index in [4.69, 9.17) is 9.31 Å². The average molecular weight is 872 g/mol. The molecule has 0 N–H and O–H groups in total. The first-order chi connectivity index (χ1) is 27.5. The van der Waals surface area contributed by atoms with Crippen molar-refractivity contribution in [1.29, 1.82) is 0 Å². The van der Waals surface area contributed by atoms with E-state index in [1.807, 2.05) is 0 Å². The maximum atomic E-state index is 15.6. The lowest BCUT2D eigenvalue weighted by Crippen LogP contribution is -2.44. The Bertz CT molecular complexity index is 2630. The molecule has 59 heavy (non-hydrogen) atoms. The van der Waals surface area contributed by atoms with Crippen LogP contribution < -0.4 is 14.8 Å². The lowest BCUT2D eigenvalue weighted by atomic mass is 9.75. The van der Waals surface area contributed by atoms with Crippen LogP contribution in [0.1, 0.15) is 0 Å². The quantitative estimate of drug-likeness (QED) is 0.0689. The van der Waals surface area contributed by atoms with Crippen LogP contribution in [0.4, 0.5) is 96.6 Å². The van der Waals surface area contributed by atoms with Crippen LogP contribution in [0.15, 0.2) is 18.2 Å². The van der Waals surface area contributed by atoms with E-state index in [0.717, 1.165) is 0 Å². The standard InChI is InChI=1S/C34H3BF22O2/c36-6-2-1-5(4-3-7(37)13(38)14(39)8(4)6)35(58-33-11(19(44)25(50)29(54)31(33)56)9-15(40)21(46)27(52)22(47)16(9)41)59-34-12(20(45)26(51)30(55)32(34)57)10-17(42)23(48)28(53)24(49)18(10)43/h1-3H. The predicted molar refractivity (Wildman–Crippen MR) is 153 cm³/mol. The molecule has 0 unspecified atom stereocenters. The smallest absolute Gasteiger partial charge is 0.519 e. The van der Waals surface area contributed by atoms with Gasteiger partial charge in [-0.15, -0.1) is 0 Å². The van der Waals surface area contributed by atoms with Crippen LogP contribution in [0.5, 0.6) is 11.5 Å². The van der Waals surface area contributed by atoms with E-state index in [-0.39, 0.29) is 18.2 Å². The summed E-state index contributed by atoms with van der Waals surface area (Å²) in [6.07, 6.45) is 0. The zero-order chi connectivity index (χ0) is 44.0. The maximum absolute atomic E-state index is 15.6. The Hall–Kier alpha value is -6.30. The molecule has 0 saturated carbocycles. The maximum Gasteiger partial charge on any atom is 0.633 e. The third kappa shape index (κ3) is 6.27. The summed E-state index contributed by atoms with van der Waals surface area (Å²) in [6.45, 7) is 0. The van der Waals surface area contributed by atoms with Crippen molar-refractivity contribution in [3.05, 3.63) is 146 Å². The van der Waals surface area contributed by atoms with Crippen molar-refractivity contribution >= 4 is 23.4 Å². The summed E-state index contributed by atoms with van der Waals surface area (Å²) in [6, 6.07) is -0.318. The molecule has 308 valence electrons. The minimum atomic E-state index is -3.79. The fourth-order valence-electron chi connectivity index (χ4n) is 5.50. The van der Waals surface area contributed by atoms with Crippen LogP contribution in [0.3, 0.4) is 0 Å². The molecule has 6 aromatic carbocycles. The first-order valence-corrected chi connectivity index (χ1v) is 14.8. The molecule has 0 atom stereocenters. The summed E-state index contributed by atoms with van der Waals surface area (Å²) in [5.41, 5.74) is -12.6. The molecule has 0 bridgehead atoms. The van der Waals surface area contributed by atoms with Crippen molar-refractivity contribution in [2.24, 2.45) is 0 Å². The third-order valence-corrected chi connectivity index (χ3v) is 8.19. The van der Waals surface area contributed by atoms with Gasteiger partial charge in [0.15, 0.2) is 98.8 Å². The monoisotopic (exact) mass is 872 g/mol. The first kappa shape index (κ1) is 42.3. The van der Waals surface area contributed by atoms with Crippen LogP contribution in [0.2, 0.25) is 0 Å². The summed E-state index contributed by atoms with van der Waals surface area (Å²) in [5.74, 6) is -71.1. The van der Waals surface area contributed by atoms with Gasteiger partial charge in [-0.05, 0) is 17.5 Å². The molecule has 0 spiro atoms. The summed E-state index contributed by atoms with van der Waals surface area (Å²) < 4.78 is 333. The Morgan fingerprint density at radius 1 is 0.288 bits per heavy atom. The zero-order valence-electron chi connectivity index (χ0n) is 26.9. The van der Waals surface area contributed by atoms with E-state index in [9.17, 15) is 79.0 Å². The summed E-state index contributed by atoms with van der Waals surface area (Å²) in [4.78, 5) is 0. The molecule has 0 aliphatic rings. The van der Waals surface area contributed by atoms with E-state index in [2.05, 4.69) is 0 Å². The Morgan fingerprint density at radius 2 is 0.593 bits per heavy atom. The number of hydrogen-bond acceptors (Lipinski definition) is 2. The highest BCUT2D eigenvalue weighted by Crippen LogP contribution is 2.45. The highest BCUT2D eigenvalue weighted by Gasteiger charge is 2.42. The summed E-state index contributed by atoms with van der Waals surface area (Å²) >= 11 is 0. The van der Waals surface area contributed by atoms with Crippen LogP contribution in [-0.4, -0.2) is 7.12 Å². The molecule has 2 nitrogen and oxygen atoms in total. The second kappa shape index (κ2) is 14.8. The molecule has 0 fully saturated rings. The van der Waals surface area contributed by atoms with E-state index in [1.165, 1.54) is 0 Å². The molecule has 0 aliphatic heterocycles. The number of rotatable bonds is 7. The average Bonchev–Trinajstić information content (AvgIpc) is 3.20. The minimum absolute atomic E-state index is 0.0253. The third-order valence-electron chi connectivity index (χ3n) is 8.19. The molecule has 0 amide bonds. The minimum Gasteiger partial charge on any atom is -0.519 e. The molecule has 25 heteroatoms. The second-order valence-corrected chi connectivity index (χ2v) is 11.4. The lowest BCUT2D eigenvalue weighted by Gasteiger charge is -2.24. The fourth-order valence-corrected chi connectivity index (χ4v) is 5.50. The highest BCUT2D eigenvalue weighted by atomic mass is 19.2. The van der Waals surface area contributed by atoms with Crippen molar-refractivity contribution in [3.8, 4) is 33.8 Å². The molecule has 6 aromatic rings. The van der Waals surface area contributed by atoms with Gasteiger partial charge in [0.2, 0.25) is 34.9 Å². The van der Waals surface area contributed by atoms with Crippen LogP contribution in [0.25, 0.3) is 33.0 Å². The first-order valence-electron chi connectivity index (χ1n) is 14.8. The van der Waals surface area contributed by atoms with Gasteiger partial charge in [-0.3, -0.25) is 0 Å². The Balaban J connectivity index is 1.78. The fraction of sp³-hybridized carbons (Fsp3) is 0. The van der Waals surface area contributed by atoms with Gasteiger partial charge < -0.3 is 9.31 Å². The molecular formula is C34H3BF22O2. The van der Waals surface area contributed by atoms with Gasteiger partial charge in [-0.25, -0.2) is 87.8 Å². The van der Waals surface area contributed by atoms with Crippen LogP contribution in [-0.2, 0) is 0 Å². The Labute approximate surface area is 309 Å². The number of hydrogen-bond donors (Lipinski definition) is 0. The van der Waals surface area contributed by atoms with Gasteiger partial charge in [0, 0.05) is 5.46 Å². The van der Waals surface area contributed by atoms with E-state index >= 15 is 17.6 Å². The molecule has 0 aromatic heterocycles. The molecule has 0 radical (unpaired) electrons. The van der Waals surface area contributed by atoms with Gasteiger partial charge in [-0.1, -0.05) is 6.07 Å². The van der Waals surface area contributed by atoms with Gasteiger partial charge in [0.05, 0.1) is 27.6 Å². The molecule has 0 aliphatic carbocycles. The zero-order valence-corrected chi connectivity index (χ0v) is 26.9. The van der Waals surface area contributed by atoms with Crippen LogP contribution in [0, 0.1) is 128 Å². The van der Waals surface area contributed by atoms with Crippen molar-refractivity contribution < 1.29 is 106 Å². The molecule has 0 saturated heterocycles. The van der Waals surface area contributed by atoms with E-state index in [0.29, 0.717) is 0 Å². The number of fused-ring (bicyclic) bond motifs is 1. The summed E-state index contributed by atoms with van der Waals surface area (Å²) in [5, 5.41) is -3.39. The van der Waals surface area contributed by atoms with Gasteiger partial charge >= 0.3 is 7.12 Å². The normalized spacial score (nSPS) is 11.6. The molecule has 0 heterocycles. The van der Waals surface area contributed by atoms with Crippen molar-refractivity contribution in [1.82, 2.24) is 0 Å². The van der Waals surface area contributed by atoms with Gasteiger partial charge in [0.1, 0.15) is 5.82 Å². The Kier molecular flexibility index (Phi) is 10.6.